The van der Waals surface area contributed by atoms with Crippen LogP contribution in [0, 0.1) is 5.92 Å². The van der Waals surface area contributed by atoms with Crippen LogP contribution in [0.5, 0.6) is 0 Å². The van der Waals surface area contributed by atoms with Crippen LogP contribution in [-0.4, -0.2) is 23.9 Å². The van der Waals surface area contributed by atoms with Crippen molar-refractivity contribution in [3.8, 4) is 0 Å². The molecule has 0 bridgehead atoms. The third-order valence-electron chi connectivity index (χ3n) is 7.93. The quantitative estimate of drug-likeness (QED) is 0.337. The number of benzene rings is 3. The Morgan fingerprint density at radius 3 is 2.51 bits per heavy atom. The lowest BCUT2D eigenvalue weighted by Gasteiger charge is -2.29. The van der Waals surface area contributed by atoms with E-state index in [0.29, 0.717) is 13.0 Å². The molecular formula is C31H32N4O3S. The van der Waals surface area contributed by atoms with Gasteiger partial charge in [-0.25, -0.2) is 18.1 Å². The number of aromatic nitrogens is 2. The Bertz CT molecular complexity index is 1580. The van der Waals surface area contributed by atoms with Crippen LogP contribution >= 0.6 is 0 Å². The molecule has 2 aliphatic rings. The first-order valence-electron chi connectivity index (χ1n) is 13.4. The fourth-order valence-corrected chi connectivity index (χ4v) is 6.93. The Balaban J connectivity index is 1.32. The van der Waals surface area contributed by atoms with E-state index in [1.165, 1.54) is 5.56 Å². The number of hydrogen-bond acceptors (Lipinski definition) is 4. The molecule has 1 fully saturated rings. The molecular weight excluding hydrogens is 508 g/mol. The van der Waals surface area contributed by atoms with Crippen LogP contribution in [0.15, 0.2) is 96.2 Å². The molecule has 1 aromatic heterocycles. The summed E-state index contributed by atoms with van der Waals surface area (Å²) in [6, 6.07) is 24.4. The molecule has 39 heavy (non-hydrogen) atoms. The predicted molar refractivity (Wildman–Crippen MR) is 151 cm³/mol. The van der Waals surface area contributed by atoms with Crippen molar-refractivity contribution < 1.29 is 13.2 Å². The lowest BCUT2D eigenvalue weighted by atomic mass is 9.87. The van der Waals surface area contributed by atoms with Gasteiger partial charge in [0.25, 0.3) is 0 Å². The van der Waals surface area contributed by atoms with Crippen LogP contribution in [0.3, 0.4) is 0 Å². The molecule has 4 aromatic rings. The highest BCUT2D eigenvalue weighted by Gasteiger charge is 2.46. The van der Waals surface area contributed by atoms with Crippen LogP contribution in [0.2, 0.25) is 0 Å². The minimum absolute atomic E-state index is 0.0732. The molecule has 2 aliphatic carbocycles. The number of nitrogens with one attached hydrogen (secondary N) is 1. The first-order valence-corrected chi connectivity index (χ1v) is 14.9. The molecule has 0 aliphatic heterocycles. The third-order valence-corrected chi connectivity index (χ3v) is 9.42. The second-order valence-corrected chi connectivity index (χ2v) is 12.2. The van der Waals surface area contributed by atoms with Gasteiger partial charge >= 0.3 is 0 Å². The number of hydrogen-bond donors (Lipinski definition) is 1. The monoisotopic (exact) mass is 540 g/mol. The Hall–Kier alpha value is -3.75. The molecule has 8 heteroatoms. The normalized spacial score (nSPS) is 20.3. The average Bonchev–Trinajstić information content (AvgIpc) is 3.67. The summed E-state index contributed by atoms with van der Waals surface area (Å²) in [7, 11) is -1.76. The van der Waals surface area contributed by atoms with Crippen molar-refractivity contribution in [2.45, 2.75) is 49.1 Å². The van der Waals surface area contributed by atoms with Gasteiger partial charge in [0, 0.05) is 37.1 Å². The molecule has 0 saturated heterocycles. The van der Waals surface area contributed by atoms with E-state index in [4.69, 9.17) is 0 Å². The SMILES string of the molecule is Cn1ccnc1CN(C(=O)[C@H]1C[C@H]1c1ccccc1)c1ccc2c(c1)[C@@H](NS(=O)(=O)c1ccccc1)CCC2. The maximum atomic E-state index is 14.0. The fourth-order valence-electron chi connectivity index (χ4n) is 5.66. The van der Waals surface area contributed by atoms with Crippen molar-refractivity contribution in [1.82, 2.24) is 14.3 Å². The molecule has 3 aromatic carbocycles. The summed E-state index contributed by atoms with van der Waals surface area (Å²) in [4.78, 5) is 20.5. The Morgan fingerprint density at radius 1 is 1.05 bits per heavy atom. The van der Waals surface area contributed by atoms with Gasteiger partial charge in [-0.2, -0.15) is 0 Å². The topological polar surface area (TPSA) is 84.3 Å². The van der Waals surface area contributed by atoms with Gasteiger partial charge in [0.2, 0.25) is 15.9 Å². The summed E-state index contributed by atoms with van der Waals surface area (Å²) in [5.74, 6) is 0.991. The third kappa shape index (κ3) is 5.27. The number of fused-ring (bicyclic) bond motifs is 1. The number of carbonyl (C=O) groups excluding carboxylic acids is 1. The van der Waals surface area contributed by atoms with Gasteiger partial charge in [0.05, 0.1) is 11.4 Å². The lowest BCUT2D eigenvalue weighted by Crippen LogP contribution is -2.34. The molecule has 1 saturated carbocycles. The molecule has 7 nitrogen and oxygen atoms in total. The largest absolute Gasteiger partial charge is 0.337 e. The minimum Gasteiger partial charge on any atom is -0.337 e. The van der Waals surface area contributed by atoms with E-state index in [9.17, 15) is 13.2 Å². The number of rotatable bonds is 8. The zero-order chi connectivity index (χ0) is 27.0. The summed E-state index contributed by atoms with van der Waals surface area (Å²) < 4.78 is 31.2. The summed E-state index contributed by atoms with van der Waals surface area (Å²) >= 11 is 0. The first kappa shape index (κ1) is 25.5. The molecule has 0 unspecified atom stereocenters. The lowest BCUT2D eigenvalue weighted by molar-refractivity contribution is -0.120. The second-order valence-electron chi connectivity index (χ2n) is 10.5. The van der Waals surface area contributed by atoms with E-state index in [-0.39, 0.29) is 28.7 Å². The van der Waals surface area contributed by atoms with Crippen LogP contribution < -0.4 is 9.62 Å². The van der Waals surface area contributed by atoms with E-state index in [1.54, 1.807) is 36.5 Å². The average molecular weight is 541 g/mol. The van der Waals surface area contributed by atoms with Crippen LogP contribution in [-0.2, 0) is 34.8 Å². The molecule has 0 radical (unpaired) electrons. The molecule has 1 amide bonds. The minimum atomic E-state index is -3.68. The van der Waals surface area contributed by atoms with Crippen LogP contribution in [0.4, 0.5) is 5.69 Å². The zero-order valence-corrected chi connectivity index (χ0v) is 22.7. The Morgan fingerprint density at radius 2 is 1.79 bits per heavy atom. The van der Waals surface area contributed by atoms with Crippen molar-refractivity contribution >= 4 is 21.6 Å². The van der Waals surface area contributed by atoms with Crippen molar-refractivity contribution in [3.63, 3.8) is 0 Å². The van der Waals surface area contributed by atoms with Crippen molar-refractivity contribution in [2.24, 2.45) is 13.0 Å². The Labute approximate surface area is 229 Å². The van der Waals surface area contributed by atoms with Gasteiger partial charge in [-0.1, -0.05) is 54.6 Å². The molecule has 3 atom stereocenters. The molecule has 1 N–H and O–H groups in total. The molecule has 6 rings (SSSR count). The highest BCUT2D eigenvalue weighted by atomic mass is 32.2. The van der Waals surface area contributed by atoms with Gasteiger partial charge in [0.1, 0.15) is 5.82 Å². The smallest absolute Gasteiger partial charge is 0.241 e. The predicted octanol–water partition coefficient (Wildman–Crippen LogP) is 5.11. The standard InChI is InChI=1S/C31H32N4O3S/c1-34-18-17-32-30(34)21-35(31(36)28-20-26(28)22-9-4-2-5-10-22)24-16-15-23-11-8-14-29(27(23)19-24)33-39(37,38)25-12-6-3-7-13-25/h2-7,9-10,12-13,15-19,26,28-29,33H,8,11,14,20-21H2,1H3/t26-,28-,29-/m0/s1. The van der Waals surface area contributed by atoms with Gasteiger partial charge in [-0.05, 0) is 72.6 Å². The summed E-state index contributed by atoms with van der Waals surface area (Å²) in [5.41, 5.74) is 4.01. The number of imidazole rings is 1. The van der Waals surface area contributed by atoms with Crippen molar-refractivity contribution in [2.75, 3.05) is 4.90 Å². The maximum Gasteiger partial charge on any atom is 0.241 e. The summed E-state index contributed by atoms with van der Waals surface area (Å²) in [5, 5.41) is 0. The number of aryl methyl sites for hydroxylation is 2. The van der Waals surface area contributed by atoms with Crippen LogP contribution in [0.1, 0.15) is 53.7 Å². The van der Waals surface area contributed by atoms with Crippen molar-refractivity contribution in [1.29, 1.82) is 0 Å². The van der Waals surface area contributed by atoms with Crippen molar-refractivity contribution in [3.05, 3.63) is 114 Å². The fraction of sp³-hybridized carbons (Fsp3) is 0.290. The van der Waals surface area contributed by atoms with E-state index in [0.717, 1.165) is 41.9 Å². The van der Waals surface area contributed by atoms with Gasteiger partial charge in [-0.15, -0.1) is 0 Å². The highest BCUT2D eigenvalue weighted by Crippen LogP contribution is 2.49. The number of nitrogens with zero attached hydrogens (tertiary/aromatic N) is 3. The van der Waals surface area contributed by atoms with Gasteiger partial charge in [-0.3, -0.25) is 4.79 Å². The van der Waals surface area contributed by atoms with Gasteiger partial charge in [0.15, 0.2) is 0 Å². The summed E-state index contributed by atoms with van der Waals surface area (Å²) in [6.07, 6.45) is 6.92. The zero-order valence-electron chi connectivity index (χ0n) is 21.9. The number of carbonyl (C=O) groups is 1. The maximum absolute atomic E-state index is 14.0. The van der Waals surface area contributed by atoms with Crippen LogP contribution in [0.25, 0.3) is 0 Å². The Kier molecular flexibility index (Phi) is 6.83. The molecule has 200 valence electrons. The first-order chi connectivity index (χ1) is 18.9. The van der Waals surface area contributed by atoms with E-state index in [1.807, 2.05) is 59.1 Å². The molecule has 0 spiro atoms. The number of amides is 1. The highest BCUT2D eigenvalue weighted by molar-refractivity contribution is 7.89. The number of sulfonamides is 1. The van der Waals surface area contributed by atoms with E-state index >= 15 is 0 Å². The van der Waals surface area contributed by atoms with E-state index < -0.39 is 10.0 Å². The second kappa shape index (κ2) is 10.4. The summed E-state index contributed by atoms with van der Waals surface area (Å²) in [6.45, 7) is 0.347. The van der Waals surface area contributed by atoms with Gasteiger partial charge < -0.3 is 9.47 Å². The molecule has 1 heterocycles. The van der Waals surface area contributed by atoms with E-state index in [2.05, 4.69) is 21.8 Å². The number of anilines is 1.